The molecule has 5 rings (SSSR count). The molecule has 1 saturated heterocycles. The predicted molar refractivity (Wildman–Crippen MR) is 124 cm³/mol. The van der Waals surface area contributed by atoms with Crippen molar-refractivity contribution in [3.63, 3.8) is 0 Å². The van der Waals surface area contributed by atoms with Gasteiger partial charge in [0.2, 0.25) is 6.79 Å². The molecule has 33 heavy (non-hydrogen) atoms. The highest BCUT2D eigenvalue weighted by atomic mass is 35.5. The Balaban J connectivity index is 1.15. The standard InChI is InChI=1S/C24H23ClN2O5S/c25-19-3-1-2-4-23(19)33(29)15-18-6-8-21(32-18)24(28)27-11-9-26(10-12-27)14-17-5-7-20-22(13-17)31-16-30-20/h1-8,13H,9-12,14-16H2/t33-/m0/s1. The smallest absolute Gasteiger partial charge is 0.289 e. The highest BCUT2D eigenvalue weighted by molar-refractivity contribution is 7.84. The number of furan rings is 1. The number of carbonyl (C=O) groups excluding carboxylic acids is 1. The van der Waals surface area contributed by atoms with Gasteiger partial charge < -0.3 is 18.8 Å². The van der Waals surface area contributed by atoms with Gasteiger partial charge in [-0.15, -0.1) is 0 Å². The zero-order valence-corrected chi connectivity index (χ0v) is 19.4. The Morgan fingerprint density at radius 2 is 1.76 bits per heavy atom. The van der Waals surface area contributed by atoms with E-state index in [1.54, 1.807) is 41.3 Å². The number of rotatable bonds is 6. The quantitative estimate of drug-likeness (QED) is 0.525. The Labute approximate surface area is 199 Å². The van der Waals surface area contributed by atoms with Gasteiger partial charge in [-0.1, -0.05) is 29.8 Å². The van der Waals surface area contributed by atoms with E-state index < -0.39 is 10.8 Å². The Bertz CT molecular complexity index is 1190. The van der Waals surface area contributed by atoms with E-state index in [0.29, 0.717) is 28.8 Å². The van der Waals surface area contributed by atoms with Gasteiger partial charge >= 0.3 is 0 Å². The van der Waals surface area contributed by atoms with Crippen LogP contribution in [0.1, 0.15) is 21.9 Å². The van der Waals surface area contributed by atoms with Crippen molar-refractivity contribution in [3.8, 4) is 11.5 Å². The summed E-state index contributed by atoms with van der Waals surface area (Å²) in [7, 11) is -1.35. The van der Waals surface area contributed by atoms with Crippen molar-refractivity contribution >= 4 is 28.3 Å². The van der Waals surface area contributed by atoms with E-state index in [9.17, 15) is 9.00 Å². The van der Waals surface area contributed by atoms with E-state index in [-0.39, 0.29) is 24.2 Å². The number of carbonyl (C=O) groups is 1. The fraction of sp³-hybridized carbons (Fsp3) is 0.292. The van der Waals surface area contributed by atoms with Crippen LogP contribution in [0.2, 0.25) is 5.02 Å². The lowest BCUT2D eigenvalue weighted by molar-refractivity contribution is 0.0596. The summed E-state index contributed by atoms with van der Waals surface area (Å²) in [6, 6.07) is 16.4. The summed E-state index contributed by atoms with van der Waals surface area (Å²) >= 11 is 6.13. The van der Waals surface area contributed by atoms with Gasteiger partial charge in [0.05, 0.1) is 26.5 Å². The molecule has 0 bridgehead atoms. The zero-order valence-electron chi connectivity index (χ0n) is 17.9. The molecule has 1 atom stereocenters. The summed E-state index contributed by atoms with van der Waals surface area (Å²) in [4.78, 5) is 17.6. The molecular formula is C24H23ClN2O5S. The Morgan fingerprint density at radius 3 is 2.58 bits per heavy atom. The van der Waals surface area contributed by atoms with Gasteiger partial charge in [-0.2, -0.15) is 0 Å². The summed E-state index contributed by atoms with van der Waals surface area (Å²) in [6.07, 6.45) is 0. The Hall–Kier alpha value is -2.81. The van der Waals surface area contributed by atoms with Crippen LogP contribution in [0.3, 0.4) is 0 Å². The Morgan fingerprint density at radius 1 is 0.970 bits per heavy atom. The van der Waals surface area contributed by atoms with Gasteiger partial charge in [0.15, 0.2) is 17.3 Å². The summed E-state index contributed by atoms with van der Waals surface area (Å²) in [6.45, 7) is 3.83. The minimum atomic E-state index is -1.35. The molecule has 1 aromatic heterocycles. The van der Waals surface area contributed by atoms with Crippen LogP contribution in [-0.2, 0) is 23.1 Å². The van der Waals surface area contributed by atoms with Gasteiger partial charge in [0, 0.05) is 32.7 Å². The number of piperazine rings is 1. The van der Waals surface area contributed by atoms with Crippen molar-refractivity contribution in [1.82, 2.24) is 9.80 Å². The minimum absolute atomic E-state index is 0.146. The van der Waals surface area contributed by atoms with Gasteiger partial charge in [0.1, 0.15) is 5.76 Å². The van der Waals surface area contributed by atoms with Crippen LogP contribution in [0.25, 0.3) is 0 Å². The summed E-state index contributed by atoms with van der Waals surface area (Å²) in [5, 5.41) is 0.456. The first-order valence-corrected chi connectivity index (χ1v) is 12.4. The molecular weight excluding hydrogens is 464 g/mol. The largest absolute Gasteiger partial charge is 0.455 e. The molecule has 0 radical (unpaired) electrons. The third-order valence-corrected chi connectivity index (χ3v) is 7.57. The number of amides is 1. The lowest BCUT2D eigenvalue weighted by atomic mass is 10.1. The third kappa shape index (κ3) is 4.93. The summed E-state index contributed by atoms with van der Waals surface area (Å²) < 4.78 is 29.2. The second-order valence-electron chi connectivity index (χ2n) is 7.94. The second kappa shape index (κ2) is 9.59. The maximum absolute atomic E-state index is 12.9. The van der Waals surface area contributed by atoms with E-state index in [1.807, 2.05) is 18.2 Å². The van der Waals surface area contributed by atoms with Crippen LogP contribution in [0.4, 0.5) is 0 Å². The molecule has 3 aromatic rings. The normalized spacial score (nSPS) is 16.7. The fourth-order valence-electron chi connectivity index (χ4n) is 3.97. The average molecular weight is 487 g/mol. The van der Waals surface area contributed by atoms with Crippen LogP contribution < -0.4 is 9.47 Å². The van der Waals surface area contributed by atoms with Crippen LogP contribution in [0, 0.1) is 0 Å². The fourth-order valence-corrected chi connectivity index (χ4v) is 5.45. The van der Waals surface area contributed by atoms with Crippen LogP contribution >= 0.6 is 11.6 Å². The SMILES string of the molecule is O=C(c1ccc(C[S@](=O)c2ccccc2Cl)o1)N1CCN(Cc2ccc3c(c2)OCO3)CC1. The van der Waals surface area contributed by atoms with Crippen molar-refractivity contribution in [2.24, 2.45) is 0 Å². The van der Waals surface area contributed by atoms with Crippen molar-refractivity contribution in [2.75, 3.05) is 33.0 Å². The number of halogens is 1. The minimum Gasteiger partial charge on any atom is -0.455 e. The zero-order chi connectivity index (χ0) is 22.8. The number of nitrogens with zero attached hydrogens (tertiary/aromatic N) is 2. The van der Waals surface area contributed by atoms with Gasteiger partial charge in [-0.05, 0) is 42.0 Å². The maximum Gasteiger partial charge on any atom is 0.289 e. The molecule has 3 heterocycles. The van der Waals surface area contributed by atoms with Gasteiger partial charge in [-0.3, -0.25) is 13.9 Å². The molecule has 1 fully saturated rings. The van der Waals surface area contributed by atoms with Crippen molar-refractivity contribution in [3.05, 3.63) is 76.7 Å². The number of ether oxygens (including phenoxy) is 2. The molecule has 2 aliphatic rings. The molecule has 9 heteroatoms. The second-order valence-corrected chi connectivity index (χ2v) is 9.77. The lowest BCUT2D eigenvalue weighted by Gasteiger charge is -2.34. The third-order valence-electron chi connectivity index (χ3n) is 5.73. The van der Waals surface area contributed by atoms with Crippen molar-refractivity contribution < 1.29 is 22.9 Å². The van der Waals surface area contributed by atoms with Crippen molar-refractivity contribution in [1.29, 1.82) is 0 Å². The molecule has 2 aromatic carbocycles. The van der Waals surface area contributed by atoms with E-state index in [4.69, 9.17) is 25.5 Å². The van der Waals surface area contributed by atoms with Crippen LogP contribution in [0.15, 0.2) is 63.9 Å². The first-order chi connectivity index (χ1) is 16.1. The molecule has 0 aliphatic carbocycles. The Kier molecular flexibility index (Phi) is 6.39. The van der Waals surface area contributed by atoms with Gasteiger partial charge in [-0.25, -0.2) is 0 Å². The number of hydrogen-bond donors (Lipinski definition) is 0. The molecule has 0 spiro atoms. The van der Waals surface area contributed by atoms with Crippen LogP contribution in [-0.4, -0.2) is 52.9 Å². The first-order valence-electron chi connectivity index (χ1n) is 10.7. The molecule has 2 aliphatic heterocycles. The number of benzene rings is 2. The first kappa shape index (κ1) is 22.0. The van der Waals surface area contributed by atoms with Crippen LogP contribution in [0.5, 0.6) is 11.5 Å². The summed E-state index contributed by atoms with van der Waals surface area (Å²) in [5.74, 6) is 2.35. The molecule has 0 N–H and O–H groups in total. The van der Waals surface area contributed by atoms with E-state index in [2.05, 4.69) is 4.90 Å². The molecule has 0 saturated carbocycles. The van der Waals surface area contributed by atoms with Crippen molar-refractivity contribution in [2.45, 2.75) is 17.2 Å². The average Bonchev–Trinajstić information content (AvgIpc) is 3.48. The monoisotopic (exact) mass is 486 g/mol. The molecule has 7 nitrogen and oxygen atoms in total. The van der Waals surface area contributed by atoms with E-state index >= 15 is 0 Å². The maximum atomic E-state index is 12.9. The molecule has 0 unspecified atom stereocenters. The summed E-state index contributed by atoms with van der Waals surface area (Å²) in [5.41, 5.74) is 1.15. The molecule has 172 valence electrons. The van der Waals surface area contributed by atoms with Gasteiger partial charge in [0.25, 0.3) is 5.91 Å². The number of fused-ring (bicyclic) bond motifs is 1. The number of hydrogen-bond acceptors (Lipinski definition) is 6. The highest BCUT2D eigenvalue weighted by Gasteiger charge is 2.25. The molecule has 1 amide bonds. The highest BCUT2D eigenvalue weighted by Crippen LogP contribution is 2.33. The van der Waals surface area contributed by atoms with E-state index in [0.717, 1.165) is 36.7 Å². The topological polar surface area (TPSA) is 72.2 Å². The van der Waals surface area contributed by atoms with E-state index in [1.165, 1.54) is 0 Å². The lowest BCUT2D eigenvalue weighted by Crippen LogP contribution is -2.48. The predicted octanol–water partition coefficient (Wildman–Crippen LogP) is 3.93.